The first-order valence-corrected chi connectivity index (χ1v) is 27.5. The summed E-state index contributed by atoms with van der Waals surface area (Å²) in [4.78, 5) is 38.1. The van der Waals surface area contributed by atoms with Crippen molar-refractivity contribution in [1.82, 2.24) is 0 Å². The summed E-state index contributed by atoms with van der Waals surface area (Å²) in [7, 11) is 0. The van der Waals surface area contributed by atoms with E-state index in [4.69, 9.17) is 14.2 Å². The van der Waals surface area contributed by atoms with Crippen LogP contribution >= 0.6 is 0 Å². The number of hydrogen-bond donors (Lipinski definition) is 0. The molecule has 0 rings (SSSR count). The Kier molecular flexibility index (Phi) is 50.9. The normalized spacial score (nSPS) is 12.6. The van der Waals surface area contributed by atoms with Crippen LogP contribution in [0.1, 0.15) is 265 Å². The van der Waals surface area contributed by atoms with E-state index < -0.39 is 6.10 Å². The highest BCUT2D eigenvalue weighted by Crippen LogP contribution is 2.14. The van der Waals surface area contributed by atoms with Crippen molar-refractivity contribution in [2.45, 2.75) is 271 Å². The van der Waals surface area contributed by atoms with E-state index in [0.717, 1.165) is 96.3 Å². The van der Waals surface area contributed by atoms with Gasteiger partial charge in [-0.15, -0.1) is 0 Å². The lowest BCUT2D eigenvalue weighted by Gasteiger charge is -2.18. The molecule has 0 aliphatic carbocycles. The van der Waals surface area contributed by atoms with E-state index in [1.807, 2.05) is 0 Å². The maximum Gasteiger partial charge on any atom is 0.306 e. The lowest BCUT2D eigenvalue weighted by Crippen LogP contribution is -2.30. The van der Waals surface area contributed by atoms with Gasteiger partial charge >= 0.3 is 17.9 Å². The van der Waals surface area contributed by atoms with Gasteiger partial charge in [0.25, 0.3) is 0 Å². The van der Waals surface area contributed by atoms with Crippen LogP contribution in [0, 0.1) is 0 Å². The van der Waals surface area contributed by atoms with Crippen LogP contribution in [0.25, 0.3) is 0 Å². The zero-order valence-electron chi connectivity index (χ0n) is 42.7. The first kappa shape index (κ1) is 61.9. The maximum atomic E-state index is 12.8. The minimum atomic E-state index is -0.795. The van der Waals surface area contributed by atoms with E-state index in [-0.39, 0.29) is 31.1 Å². The van der Waals surface area contributed by atoms with Gasteiger partial charge in [0.05, 0.1) is 0 Å². The van der Waals surface area contributed by atoms with E-state index in [1.54, 1.807) is 0 Å². The fraction of sp³-hybridized carbons (Fsp3) is 0.746. The Morgan fingerprint density at radius 2 is 0.615 bits per heavy atom. The summed E-state index contributed by atoms with van der Waals surface area (Å²) < 4.78 is 16.8. The number of unbranched alkanes of at least 4 members (excludes halogenated alkanes) is 29. The van der Waals surface area contributed by atoms with Crippen molar-refractivity contribution in [3.05, 3.63) is 72.9 Å². The van der Waals surface area contributed by atoms with E-state index in [1.165, 1.54) is 128 Å². The fourth-order valence-electron chi connectivity index (χ4n) is 7.60. The third kappa shape index (κ3) is 51.7. The predicted molar refractivity (Wildman–Crippen MR) is 279 cm³/mol. The molecule has 0 aromatic heterocycles. The molecular weight excluding hydrogens is 805 g/mol. The Balaban J connectivity index is 4.45. The second-order valence-electron chi connectivity index (χ2n) is 18.2. The third-order valence-corrected chi connectivity index (χ3v) is 11.8. The average molecular weight is 907 g/mol. The van der Waals surface area contributed by atoms with Crippen molar-refractivity contribution >= 4 is 17.9 Å². The molecule has 0 aromatic rings. The maximum absolute atomic E-state index is 12.8. The lowest BCUT2D eigenvalue weighted by atomic mass is 10.1. The number of esters is 3. The Labute approximate surface area is 402 Å². The molecule has 374 valence electrons. The Bertz CT molecular complexity index is 1230. The second kappa shape index (κ2) is 53.5. The van der Waals surface area contributed by atoms with Gasteiger partial charge in [0, 0.05) is 19.3 Å². The smallest absolute Gasteiger partial charge is 0.306 e. The zero-order chi connectivity index (χ0) is 47.2. The molecule has 0 amide bonds. The topological polar surface area (TPSA) is 78.9 Å². The van der Waals surface area contributed by atoms with Crippen molar-refractivity contribution in [3.63, 3.8) is 0 Å². The Hall–Kier alpha value is -3.15. The molecule has 0 N–H and O–H groups in total. The minimum Gasteiger partial charge on any atom is -0.462 e. The largest absolute Gasteiger partial charge is 0.462 e. The molecule has 65 heavy (non-hydrogen) atoms. The number of rotatable bonds is 49. The molecule has 0 heterocycles. The van der Waals surface area contributed by atoms with Crippen molar-refractivity contribution < 1.29 is 28.6 Å². The van der Waals surface area contributed by atoms with Gasteiger partial charge in [-0.25, -0.2) is 0 Å². The number of hydrogen-bond acceptors (Lipinski definition) is 6. The molecular formula is C59H102O6. The van der Waals surface area contributed by atoms with Crippen LogP contribution in [0.15, 0.2) is 72.9 Å². The summed E-state index contributed by atoms with van der Waals surface area (Å²) in [5.41, 5.74) is 0. The molecule has 0 bridgehead atoms. The highest BCUT2D eigenvalue weighted by atomic mass is 16.6. The average Bonchev–Trinajstić information content (AvgIpc) is 3.30. The van der Waals surface area contributed by atoms with Gasteiger partial charge in [-0.05, 0) is 89.9 Å². The quantitative estimate of drug-likeness (QED) is 0.0199. The summed E-state index contributed by atoms with van der Waals surface area (Å²) in [5.74, 6) is -0.935. The summed E-state index contributed by atoms with van der Waals surface area (Å²) in [6.07, 6.45) is 67.4. The summed E-state index contributed by atoms with van der Waals surface area (Å²) in [6.45, 7) is 6.47. The number of carbonyl (C=O) groups excluding carboxylic acids is 3. The molecule has 0 fully saturated rings. The van der Waals surface area contributed by atoms with Crippen LogP contribution in [0.3, 0.4) is 0 Å². The number of ether oxygens (including phenoxy) is 3. The Morgan fingerprint density at radius 3 is 1.00 bits per heavy atom. The molecule has 0 spiro atoms. The van der Waals surface area contributed by atoms with Crippen LogP contribution < -0.4 is 0 Å². The van der Waals surface area contributed by atoms with E-state index in [2.05, 4.69) is 93.7 Å². The van der Waals surface area contributed by atoms with Gasteiger partial charge in [0.2, 0.25) is 0 Å². The fourth-order valence-corrected chi connectivity index (χ4v) is 7.60. The van der Waals surface area contributed by atoms with Crippen LogP contribution in [0.2, 0.25) is 0 Å². The lowest BCUT2D eigenvalue weighted by molar-refractivity contribution is -0.167. The standard InChI is InChI=1S/C59H102O6/c1-4-7-10-13-16-19-22-25-28-31-34-37-40-43-46-49-52-58(61)64-55-56(54-63-57(60)51-48-45-42-39-36-33-30-27-24-21-18-15-12-9-6-3)65-59(62)53-50-47-44-41-38-35-32-29-26-23-20-17-14-11-8-5-2/h9,12,15,18,21,24,28-29,31-32,34,37,56H,4-8,10-11,13-14,16-17,19-20,22-23,25-27,30,33,35-36,38-55H2,1-3H3/b12-9-,18-15-,24-21-,31-28-,32-29-,37-34-. The van der Waals surface area contributed by atoms with Crippen LogP contribution in [0.5, 0.6) is 0 Å². The molecule has 0 aliphatic rings. The molecule has 0 aromatic carbocycles. The highest BCUT2D eigenvalue weighted by Gasteiger charge is 2.19. The molecule has 6 heteroatoms. The summed E-state index contributed by atoms with van der Waals surface area (Å²) >= 11 is 0. The molecule has 1 unspecified atom stereocenters. The van der Waals surface area contributed by atoms with Gasteiger partial charge in [0.1, 0.15) is 13.2 Å². The van der Waals surface area contributed by atoms with Crippen molar-refractivity contribution in [3.8, 4) is 0 Å². The molecule has 0 aliphatic heterocycles. The van der Waals surface area contributed by atoms with Crippen LogP contribution in [-0.2, 0) is 28.6 Å². The van der Waals surface area contributed by atoms with Gasteiger partial charge < -0.3 is 14.2 Å². The third-order valence-electron chi connectivity index (χ3n) is 11.8. The number of allylic oxidation sites excluding steroid dienone is 12. The van der Waals surface area contributed by atoms with Gasteiger partial charge in [0.15, 0.2) is 6.10 Å². The van der Waals surface area contributed by atoms with Crippen molar-refractivity contribution in [1.29, 1.82) is 0 Å². The van der Waals surface area contributed by atoms with Gasteiger partial charge in [-0.2, -0.15) is 0 Å². The van der Waals surface area contributed by atoms with Crippen LogP contribution in [-0.4, -0.2) is 37.2 Å². The number of carbonyl (C=O) groups is 3. The zero-order valence-corrected chi connectivity index (χ0v) is 42.7. The SMILES string of the molecule is CC\C=C/C=C\C=C/CCCCCCCCCC(=O)OCC(COC(=O)CCCCC/C=C\C=C/CCCCCCCCC)OC(=O)CCCCCCC/C=C\CCCCCCCCC. The van der Waals surface area contributed by atoms with Gasteiger partial charge in [-0.1, -0.05) is 229 Å². The van der Waals surface area contributed by atoms with E-state index >= 15 is 0 Å². The molecule has 6 nitrogen and oxygen atoms in total. The van der Waals surface area contributed by atoms with Gasteiger partial charge in [-0.3, -0.25) is 14.4 Å². The highest BCUT2D eigenvalue weighted by molar-refractivity contribution is 5.71. The molecule has 0 radical (unpaired) electrons. The van der Waals surface area contributed by atoms with Crippen molar-refractivity contribution in [2.24, 2.45) is 0 Å². The minimum absolute atomic E-state index is 0.0934. The summed E-state index contributed by atoms with van der Waals surface area (Å²) in [6, 6.07) is 0. The Morgan fingerprint density at radius 1 is 0.323 bits per heavy atom. The van der Waals surface area contributed by atoms with Crippen LogP contribution in [0.4, 0.5) is 0 Å². The van der Waals surface area contributed by atoms with Crippen molar-refractivity contribution in [2.75, 3.05) is 13.2 Å². The molecule has 0 saturated heterocycles. The predicted octanol–water partition coefficient (Wildman–Crippen LogP) is 18.2. The summed E-state index contributed by atoms with van der Waals surface area (Å²) in [5, 5.41) is 0. The first-order valence-electron chi connectivity index (χ1n) is 27.5. The monoisotopic (exact) mass is 907 g/mol. The molecule has 1 atom stereocenters. The second-order valence-corrected chi connectivity index (χ2v) is 18.2. The first-order chi connectivity index (χ1) is 32.0. The van der Waals surface area contributed by atoms with E-state index in [0.29, 0.717) is 19.3 Å². The van der Waals surface area contributed by atoms with E-state index in [9.17, 15) is 14.4 Å². The molecule has 0 saturated carbocycles.